The van der Waals surface area contributed by atoms with Crippen LogP contribution in [-0.4, -0.2) is 12.5 Å². The number of carbonyl (C=O) groups is 1. The standard InChI is InChI=1S/C20H24N2O/c1-3-16-9-5-6-11-18(16)15-22(20(23)13-14-21)19-12-8-7-10-17(19)4-2/h4-12H,2-3,13-15,21H2,1H3. The number of nitrogens with two attached hydrogens (primary N) is 1. The normalized spacial score (nSPS) is 10.3. The van der Waals surface area contributed by atoms with Crippen molar-refractivity contribution in [2.45, 2.75) is 26.3 Å². The highest BCUT2D eigenvalue weighted by molar-refractivity contribution is 5.95. The summed E-state index contributed by atoms with van der Waals surface area (Å²) in [6.45, 7) is 6.88. The second kappa shape index (κ2) is 8.30. The number of benzene rings is 2. The van der Waals surface area contributed by atoms with Crippen molar-refractivity contribution in [1.82, 2.24) is 0 Å². The van der Waals surface area contributed by atoms with E-state index >= 15 is 0 Å². The van der Waals surface area contributed by atoms with Crippen molar-refractivity contribution < 1.29 is 4.79 Å². The first-order valence-corrected chi connectivity index (χ1v) is 8.00. The maximum absolute atomic E-state index is 12.6. The highest BCUT2D eigenvalue weighted by Gasteiger charge is 2.18. The van der Waals surface area contributed by atoms with Gasteiger partial charge in [-0.1, -0.05) is 62.0 Å². The molecule has 0 saturated carbocycles. The maximum atomic E-state index is 12.6. The molecule has 0 aliphatic rings. The third-order valence-corrected chi connectivity index (χ3v) is 3.93. The Morgan fingerprint density at radius 3 is 2.43 bits per heavy atom. The summed E-state index contributed by atoms with van der Waals surface area (Å²) in [5.41, 5.74) is 9.85. The Hall–Kier alpha value is -2.39. The number of rotatable bonds is 7. The number of hydrogen-bond acceptors (Lipinski definition) is 2. The lowest BCUT2D eigenvalue weighted by Crippen LogP contribution is -2.32. The zero-order chi connectivity index (χ0) is 16.7. The van der Waals surface area contributed by atoms with Gasteiger partial charge in [-0.2, -0.15) is 0 Å². The molecule has 0 unspecified atom stereocenters. The van der Waals surface area contributed by atoms with Crippen LogP contribution in [0.15, 0.2) is 55.1 Å². The molecule has 3 nitrogen and oxygen atoms in total. The van der Waals surface area contributed by atoms with E-state index in [1.807, 2.05) is 41.3 Å². The molecule has 2 rings (SSSR count). The molecule has 0 spiro atoms. The Morgan fingerprint density at radius 2 is 1.78 bits per heavy atom. The zero-order valence-electron chi connectivity index (χ0n) is 13.7. The molecule has 3 heteroatoms. The summed E-state index contributed by atoms with van der Waals surface area (Å²) in [4.78, 5) is 14.4. The Bertz CT molecular complexity index is 679. The molecular formula is C20H24N2O. The van der Waals surface area contributed by atoms with Crippen LogP contribution in [0, 0.1) is 0 Å². The SMILES string of the molecule is C=Cc1ccccc1N(Cc1ccccc1CC)C(=O)CCN. The second-order valence-electron chi connectivity index (χ2n) is 5.40. The maximum Gasteiger partial charge on any atom is 0.228 e. The predicted molar refractivity (Wildman–Crippen MR) is 97.2 cm³/mol. The van der Waals surface area contributed by atoms with Crippen molar-refractivity contribution in [2.75, 3.05) is 11.4 Å². The molecule has 1 amide bonds. The van der Waals surface area contributed by atoms with Gasteiger partial charge < -0.3 is 10.6 Å². The Morgan fingerprint density at radius 1 is 1.13 bits per heavy atom. The van der Waals surface area contributed by atoms with Gasteiger partial charge in [0.25, 0.3) is 0 Å². The van der Waals surface area contributed by atoms with Crippen LogP contribution in [0.4, 0.5) is 5.69 Å². The molecule has 2 N–H and O–H groups in total. The predicted octanol–water partition coefficient (Wildman–Crippen LogP) is 3.77. The molecule has 0 aromatic heterocycles. The average molecular weight is 308 g/mol. The van der Waals surface area contributed by atoms with Gasteiger partial charge in [0.2, 0.25) is 5.91 Å². The van der Waals surface area contributed by atoms with E-state index in [9.17, 15) is 4.79 Å². The molecule has 2 aromatic rings. The molecule has 0 atom stereocenters. The van der Waals surface area contributed by atoms with E-state index in [2.05, 4.69) is 25.6 Å². The molecule has 23 heavy (non-hydrogen) atoms. The molecule has 2 aromatic carbocycles. The number of anilines is 1. The van der Waals surface area contributed by atoms with Crippen molar-refractivity contribution in [3.05, 3.63) is 71.8 Å². The fourth-order valence-electron chi connectivity index (χ4n) is 2.70. The molecule has 0 aliphatic carbocycles. The van der Waals surface area contributed by atoms with Crippen LogP contribution in [0.25, 0.3) is 6.08 Å². The molecule has 0 radical (unpaired) electrons. The second-order valence-corrected chi connectivity index (χ2v) is 5.40. The first-order valence-electron chi connectivity index (χ1n) is 8.00. The van der Waals surface area contributed by atoms with Gasteiger partial charge in [0, 0.05) is 13.0 Å². The van der Waals surface area contributed by atoms with Crippen LogP contribution in [0.2, 0.25) is 0 Å². The lowest BCUT2D eigenvalue weighted by molar-refractivity contribution is -0.118. The fourth-order valence-corrected chi connectivity index (χ4v) is 2.70. The fraction of sp³-hybridized carbons (Fsp3) is 0.250. The van der Waals surface area contributed by atoms with Crippen molar-refractivity contribution in [1.29, 1.82) is 0 Å². The van der Waals surface area contributed by atoms with Gasteiger partial charge in [0.05, 0.1) is 12.2 Å². The molecule has 0 bridgehead atoms. The number of hydrogen-bond donors (Lipinski definition) is 1. The number of nitrogens with zero attached hydrogens (tertiary/aromatic N) is 1. The van der Waals surface area contributed by atoms with Crippen molar-refractivity contribution in [3.63, 3.8) is 0 Å². The van der Waals surface area contributed by atoms with E-state index in [1.54, 1.807) is 6.08 Å². The highest BCUT2D eigenvalue weighted by Crippen LogP contribution is 2.25. The van der Waals surface area contributed by atoms with Gasteiger partial charge in [-0.15, -0.1) is 0 Å². The van der Waals surface area contributed by atoms with E-state index in [4.69, 9.17) is 5.73 Å². The Kier molecular flexibility index (Phi) is 6.12. The van der Waals surface area contributed by atoms with E-state index in [0.29, 0.717) is 19.5 Å². The van der Waals surface area contributed by atoms with Gasteiger partial charge >= 0.3 is 0 Å². The van der Waals surface area contributed by atoms with Crippen LogP contribution >= 0.6 is 0 Å². The smallest absolute Gasteiger partial charge is 0.228 e. The summed E-state index contributed by atoms with van der Waals surface area (Å²) >= 11 is 0. The molecule has 120 valence electrons. The minimum Gasteiger partial charge on any atom is -0.330 e. The number of para-hydroxylation sites is 1. The number of carbonyl (C=O) groups excluding carboxylic acids is 1. The third-order valence-electron chi connectivity index (χ3n) is 3.93. The van der Waals surface area contributed by atoms with E-state index in [0.717, 1.165) is 17.7 Å². The third kappa shape index (κ3) is 4.08. The zero-order valence-corrected chi connectivity index (χ0v) is 13.7. The van der Waals surface area contributed by atoms with Gasteiger partial charge in [-0.05, 0) is 29.2 Å². The van der Waals surface area contributed by atoms with E-state index < -0.39 is 0 Å². The average Bonchev–Trinajstić information content (AvgIpc) is 2.60. The van der Waals surface area contributed by atoms with Gasteiger partial charge in [-0.3, -0.25) is 4.79 Å². The molecule has 0 fully saturated rings. The largest absolute Gasteiger partial charge is 0.330 e. The lowest BCUT2D eigenvalue weighted by Gasteiger charge is -2.25. The van der Waals surface area contributed by atoms with Crippen LogP contribution in [0.1, 0.15) is 30.0 Å². The Balaban J connectivity index is 2.42. The van der Waals surface area contributed by atoms with E-state index in [1.165, 1.54) is 11.1 Å². The van der Waals surface area contributed by atoms with Crippen molar-refractivity contribution in [3.8, 4) is 0 Å². The van der Waals surface area contributed by atoms with Crippen LogP contribution in [0.3, 0.4) is 0 Å². The molecule has 0 heterocycles. The van der Waals surface area contributed by atoms with Crippen LogP contribution in [0.5, 0.6) is 0 Å². The highest BCUT2D eigenvalue weighted by atomic mass is 16.2. The summed E-state index contributed by atoms with van der Waals surface area (Å²) in [6.07, 6.45) is 3.06. The minimum absolute atomic E-state index is 0.0349. The molecule has 0 saturated heterocycles. The topological polar surface area (TPSA) is 46.3 Å². The summed E-state index contributed by atoms with van der Waals surface area (Å²) in [5.74, 6) is 0.0349. The van der Waals surface area contributed by atoms with Gasteiger partial charge in [-0.25, -0.2) is 0 Å². The summed E-state index contributed by atoms with van der Waals surface area (Å²) in [6, 6.07) is 16.1. The monoisotopic (exact) mass is 308 g/mol. The summed E-state index contributed by atoms with van der Waals surface area (Å²) < 4.78 is 0. The van der Waals surface area contributed by atoms with Crippen molar-refractivity contribution >= 4 is 17.7 Å². The van der Waals surface area contributed by atoms with Crippen LogP contribution < -0.4 is 10.6 Å². The Labute approximate surface area is 138 Å². The molecule has 0 aliphatic heterocycles. The van der Waals surface area contributed by atoms with Gasteiger partial charge in [0.15, 0.2) is 0 Å². The van der Waals surface area contributed by atoms with E-state index in [-0.39, 0.29) is 5.91 Å². The number of amides is 1. The first kappa shape index (κ1) is 17.0. The van der Waals surface area contributed by atoms with Crippen LogP contribution in [-0.2, 0) is 17.8 Å². The number of aryl methyl sites for hydroxylation is 1. The molecular weight excluding hydrogens is 284 g/mol. The minimum atomic E-state index is 0.0349. The first-order chi connectivity index (χ1) is 11.2. The summed E-state index contributed by atoms with van der Waals surface area (Å²) in [7, 11) is 0. The van der Waals surface area contributed by atoms with Gasteiger partial charge in [0.1, 0.15) is 0 Å². The summed E-state index contributed by atoms with van der Waals surface area (Å²) in [5, 5.41) is 0. The van der Waals surface area contributed by atoms with Crippen molar-refractivity contribution in [2.24, 2.45) is 5.73 Å². The lowest BCUT2D eigenvalue weighted by atomic mass is 10.0. The quantitative estimate of drug-likeness (QED) is 0.846.